The van der Waals surface area contributed by atoms with Gasteiger partial charge in [-0.3, -0.25) is 0 Å². The summed E-state index contributed by atoms with van der Waals surface area (Å²) in [4.78, 5) is 0. The summed E-state index contributed by atoms with van der Waals surface area (Å²) < 4.78 is 0. The van der Waals surface area contributed by atoms with Crippen molar-refractivity contribution in [2.45, 2.75) is 25.7 Å². The van der Waals surface area contributed by atoms with Crippen molar-refractivity contribution in [2.75, 3.05) is 6.54 Å². The highest BCUT2D eigenvalue weighted by Gasteiger charge is 2.25. The third-order valence-electron chi connectivity index (χ3n) is 3.65. The lowest BCUT2D eigenvalue weighted by molar-refractivity contribution is 0.481. The molecule has 0 saturated heterocycles. The molecule has 2 rings (SSSR count). The Morgan fingerprint density at radius 2 is 1.84 bits per heavy atom. The minimum atomic E-state index is -0.0846. The Balaban J connectivity index is 2.32. The van der Waals surface area contributed by atoms with Crippen LogP contribution in [0.15, 0.2) is 48.5 Å². The third kappa shape index (κ3) is 3.37. The maximum absolute atomic E-state index is 6.10. The van der Waals surface area contributed by atoms with Crippen molar-refractivity contribution in [3.8, 4) is 0 Å². The van der Waals surface area contributed by atoms with E-state index in [1.165, 1.54) is 16.7 Å². The van der Waals surface area contributed by atoms with E-state index in [4.69, 9.17) is 17.3 Å². The molecule has 0 aliphatic rings. The Morgan fingerprint density at radius 3 is 2.47 bits per heavy atom. The number of hydrogen-bond acceptors (Lipinski definition) is 1. The Bertz CT molecular complexity index is 565. The molecule has 0 aromatic heterocycles. The van der Waals surface area contributed by atoms with Gasteiger partial charge in [0, 0.05) is 17.0 Å². The van der Waals surface area contributed by atoms with E-state index in [0.29, 0.717) is 6.54 Å². The van der Waals surface area contributed by atoms with Gasteiger partial charge in [-0.25, -0.2) is 0 Å². The molecule has 0 heterocycles. The first kappa shape index (κ1) is 14.1. The van der Waals surface area contributed by atoms with Crippen LogP contribution in [-0.2, 0) is 11.8 Å². The highest BCUT2D eigenvalue weighted by Crippen LogP contribution is 2.29. The predicted octanol–water partition coefficient (Wildman–Crippen LogP) is 4.11. The number of benzene rings is 2. The lowest BCUT2D eigenvalue weighted by atomic mass is 9.77. The monoisotopic (exact) mass is 273 g/mol. The van der Waals surface area contributed by atoms with E-state index >= 15 is 0 Å². The van der Waals surface area contributed by atoms with E-state index in [9.17, 15) is 0 Å². The second-order valence-corrected chi connectivity index (χ2v) is 5.88. The molecule has 1 nitrogen and oxygen atoms in total. The van der Waals surface area contributed by atoms with E-state index < -0.39 is 0 Å². The molecule has 0 saturated carbocycles. The fourth-order valence-electron chi connectivity index (χ4n) is 2.43. The first-order valence-electron chi connectivity index (χ1n) is 6.55. The first-order valence-corrected chi connectivity index (χ1v) is 6.93. The lowest BCUT2D eigenvalue weighted by Gasteiger charge is -2.29. The van der Waals surface area contributed by atoms with E-state index in [0.717, 1.165) is 11.4 Å². The molecular weight excluding hydrogens is 254 g/mol. The van der Waals surface area contributed by atoms with Gasteiger partial charge in [0.15, 0.2) is 0 Å². The van der Waals surface area contributed by atoms with Crippen molar-refractivity contribution < 1.29 is 0 Å². The highest BCUT2D eigenvalue weighted by molar-refractivity contribution is 6.30. The second kappa shape index (κ2) is 5.77. The molecule has 2 heteroatoms. The molecule has 100 valence electrons. The number of nitrogens with two attached hydrogens (primary N) is 1. The standard InChI is InChI=1S/C17H20ClN/c1-13-5-3-6-14(9-13)11-17(2,12-19)15-7-4-8-16(18)10-15/h3-10H,11-12,19H2,1-2H3. The molecule has 2 N–H and O–H groups in total. The van der Waals surface area contributed by atoms with Crippen LogP contribution in [-0.4, -0.2) is 6.54 Å². The Kier molecular flexibility index (Phi) is 4.28. The Hall–Kier alpha value is -1.31. The zero-order valence-electron chi connectivity index (χ0n) is 11.5. The molecule has 2 aromatic rings. The van der Waals surface area contributed by atoms with Crippen LogP contribution in [0.1, 0.15) is 23.6 Å². The normalized spacial score (nSPS) is 14.1. The highest BCUT2D eigenvalue weighted by atomic mass is 35.5. The summed E-state index contributed by atoms with van der Waals surface area (Å²) in [5.41, 5.74) is 9.74. The van der Waals surface area contributed by atoms with Crippen molar-refractivity contribution in [3.05, 3.63) is 70.2 Å². The summed E-state index contributed by atoms with van der Waals surface area (Å²) >= 11 is 6.10. The summed E-state index contributed by atoms with van der Waals surface area (Å²) in [7, 11) is 0. The van der Waals surface area contributed by atoms with Gasteiger partial charge in [-0.05, 0) is 36.6 Å². The third-order valence-corrected chi connectivity index (χ3v) is 3.88. The molecular formula is C17H20ClN. The fraction of sp³-hybridized carbons (Fsp3) is 0.294. The molecule has 1 atom stereocenters. The molecule has 0 spiro atoms. The Morgan fingerprint density at radius 1 is 1.11 bits per heavy atom. The van der Waals surface area contributed by atoms with Gasteiger partial charge in [0.25, 0.3) is 0 Å². The molecule has 0 aliphatic carbocycles. The van der Waals surface area contributed by atoms with Crippen LogP contribution in [0.2, 0.25) is 5.02 Å². The molecule has 0 aliphatic heterocycles. The van der Waals surface area contributed by atoms with Gasteiger partial charge in [0.05, 0.1) is 0 Å². The SMILES string of the molecule is Cc1cccc(CC(C)(CN)c2cccc(Cl)c2)c1. The minimum Gasteiger partial charge on any atom is -0.330 e. The summed E-state index contributed by atoms with van der Waals surface area (Å²) in [6, 6.07) is 16.6. The fourth-order valence-corrected chi connectivity index (χ4v) is 2.62. The zero-order valence-corrected chi connectivity index (χ0v) is 12.2. The van der Waals surface area contributed by atoms with E-state index in [1.807, 2.05) is 18.2 Å². The maximum Gasteiger partial charge on any atom is 0.0408 e. The zero-order chi connectivity index (χ0) is 13.9. The maximum atomic E-state index is 6.10. The van der Waals surface area contributed by atoms with Crippen LogP contribution in [0, 0.1) is 6.92 Å². The van der Waals surface area contributed by atoms with Crippen LogP contribution < -0.4 is 5.73 Å². The second-order valence-electron chi connectivity index (χ2n) is 5.44. The number of halogens is 1. The molecule has 0 fully saturated rings. The molecule has 0 amide bonds. The van der Waals surface area contributed by atoms with Crippen LogP contribution in [0.3, 0.4) is 0 Å². The average Bonchev–Trinajstić information content (AvgIpc) is 2.38. The summed E-state index contributed by atoms with van der Waals surface area (Å²) in [6.45, 7) is 4.91. The molecule has 19 heavy (non-hydrogen) atoms. The molecule has 0 radical (unpaired) electrons. The smallest absolute Gasteiger partial charge is 0.0408 e. The van der Waals surface area contributed by atoms with Crippen LogP contribution in [0.25, 0.3) is 0 Å². The van der Waals surface area contributed by atoms with Crippen molar-refractivity contribution in [3.63, 3.8) is 0 Å². The van der Waals surface area contributed by atoms with Gasteiger partial charge in [-0.1, -0.05) is 60.5 Å². The van der Waals surface area contributed by atoms with Crippen LogP contribution >= 0.6 is 11.6 Å². The van der Waals surface area contributed by atoms with Gasteiger partial charge < -0.3 is 5.73 Å². The quantitative estimate of drug-likeness (QED) is 0.891. The van der Waals surface area contributed by atoms with Crippen molar-refractivity contribution in [1.82, 2.24) is 0 Å². The number of hydrogen-bond donors (Lipinski definition) is 1. The van der Waals surface area contributed by atoms with Gasteiger partial charge in [0.2, 0.25) is 0 Å². The predicted molar refractivity (Wildman–Crippen MR) is 82.7 cm³/mol. The van der Waals surface area contributed by atoms with Crippen LogP contribution in [0.4, 0.5) is 0 Å². The summed E-state index contributed by atoms with van der Waals surface area (Å²) in [5.74, 6) is 0. The van der Waals surface area contributed by atoms with Crippen LogP contribution in [0.5, 0.6) is 0 Å². The van der Waals surface area contributed by atoms with E-state index in [-0.39, 0.29) is 5.41 Å². The Labute approximate surface area is 120 Å². The lowest BCUT2D eigenvalue weighted by Crippen LogP contribution is -2.34. The van der Waals surface area contributed by atoms with Gasteiger partial charge >= 0.3 is 0 Å². The van der Waals surface area contributed by atoms with E-state index in [1.54, 1.807) is 0 Å². The molecule has 1 unspecified atom stereocenters. The average molecular weight is 274 g/mol. The van der Waals surface area contributed by atoms with Gasteiger partial charge in [0.1, 0.15) is 0 Å². The van der Waals surface area contributed by atoms with Crippen molar-refractivity contribution in [2.24, 2.45) is 5.73 Å². The largest absolute Gasteiger partial charge is 0.330 e. The van der Waals surface area contributed by atoms with Gasteiger partial charge in [-0.2, -0.15) is 0 Å². The molecule has 2 aromatic carbocycles. The topological polar surface area (TPSA) is 26.0 Å². The number of rotatable bonds is 4. The van der Waals surface area contributed by atoms with E-state index in [2.05, 4.69) is 44.2 Å². The van der Waals surface area contributed by atoms with Crippen molar-refractivity contribution >= 4 is 11.6 Å². The first-order chi connectivity index (χ1) is 9.03. The number of aryl methyl sites for hydroxylation is 1. The minimum absolute atomic E-state index is 0.0846. The summed E-state index contributed by atoms with van der Waals surface area (Å²) in [6.07, 6.45) is 0.922. The summed E-state index contributed by atoms with van der Waals surface area (Å²) in [5, 5.41) is 0.765. The van der Waals surface area contributed by atoms with Gasteiger partial charge in [-0.15, -0.1) is 0 Å². The van der Waals surface area contributed by atoms with Crippen molar-refractivity contribution in [1.29, 1.82) is 0 Å². The molecule has 0 bridgehead atoms.